The largest absolute Gasteiger partial charge is 0.481 e. The SMILES string of the molecule is COC(=O)C1CN(C(=O)OC(C)(C)C)CCN1.COC(=O)C1CN(C(=O)OC(C)(C)C)CCN1C(=O)CCN1C(=O)c2ccccc2C1=O.COC(=O)C1CNCCN1C(=O)CCN1C(=O)c2ccccc2C1=O.O=C(O)CCN1C(=O)c2ccccc2C1=O. The number of carbonyl (C=O) groups excluding carboxylic acids is 13. The van der Waals surface area contributed by atoms with Crippen molar-refractivity contribution in [3.05, 3.63) is 106 Å². The predicted octanol–water partition coefficient (Wildman–Crippen LogP) is 2.07. The number of imide groups is 3. The summed E-state index contributed by atoms with van der Waals surface area (Å²) in [6, 6.07) is 17.4. The van der Waals surface area contributed by atoms with Crippen molar-refractivity contribution in [3.63, 3.8) is 0 Å². The van der Waals surface area contributed by atoms with Crippen molar-refractivity contribution in [2.75, 3.05) is 99.9 Å². The zero-order valence-corrected chi connectivity index (χ0v) is 51.6. The van der Waals surface area contributed by atoms with Gasteiger partial charge in [0.05, 0.1) is 74.2 Å². The van der Waals surface area contributed by atoms with Gasteiger partial charge in [0.25, 0.3) is 35.4 Å². The van der Waals surface area contributed by atoms with E-state index in [4.69, 9.17) is 24.1 Å². The van der Waals surface area contributed by atoms with E-state index in [-0.39, 0.29) is 77.0 Å². The molecule has 6 aliphatic heterocycles. The Labute approximate surface area is 518 Å². The number of fused-ring (bicyclic) bond motifs is 3. The fraction of sp³-hybridized carbons (Fsp3) is 0.475. The van der Waals surface area contributed by atoms with Gasteiger partial charge in [0.2, 0.25) is 11.8 Å². The number of carboxylic acid groups (broad SMARTS) is 1. The molecular weight excluding hydrogens is 1180 g/mol. The highest BCUT2D eigenvalue weighted by Gasteiger charge is 2.42. The second-order valence-corrected chi connectivity index (χ2v) is 22.9. The van der Waals surface area contributed by atoms with Crippen LogP contribution in [0.25, 0.3) is 0 Å². The third-order valence-corrected chi connectivity index (χ3v) is 14.5. The van der Waals surface area contributed by atoms with Gasteiger partial charge in [-0.1, -0.05) is 36.4 Å². The number of methoxy groups -OCH3 is 3. The average molecular weight is 1250 g/mol. The third-order valence-electron chi connectivity index (χ3n) is 14.5. The predicted molar refractivity (Wildman–Crippen MR) is 314 cm³/mol. The molecule has 0 bridgehead atoms. The summed E-state index contributed by atoms with van der Waals surface area (Å²) in [6.45, 7) is 13.3. The summed E-state index contributed by atoms with van der Waals surface area (Å²) in [5.41, 5.74) is 0.798. The first-order valence-electron chi connectivity index (χ1n) is 28.8. The van der Waals surface area contributed by atoms with Gasteiger partial charge in [-0.3, -0.25) is 62.6 Å². The Morgan fingerprint density at radius 3 is 1.19 bits per heavy atom. The molecule has 3 unspecified atom stereocenters. The quantitative estimate of drug-likeness (QED) is 0.133. The van der Waals surface area contributed by atoms with Crippen LogP contribution in [0.5, 0.6) is 0 Å². The van der Waals surface area contributed by atoms with Crippen molar-refractivity contribution in [2.24, 2.45) is 0 Å². The normalized spacial score (nSPS) is 18.5. The Balaban J connectivity index is 0.000000199. The van der Waals surface area contributed by atoms with E-state index in [9.17, 15) is 67.1 Å². The molecule has 0 aromatic heterocycles. The zero-order valence-electron chi connectivity index (χ0n) is 51.6. The molecule has 3 N–H and O–H groups in total. The number of rotatable bonds is 12. The van der Waals surface area contributed by atoms with Crippen LogP contribution < -0.4 is 10.6 Å². The number of hydrogen-bond acceptors (Lipinski definition) is 21. The summed E-state index contributed by atoms with van der Waals surface area (Å²) in [4.78, 5) is 177. The number of nitrogens with zero attached hydrogens (tertiary/aromatic N) is 7. The molecule has 0 saturated carbocycles. The minimum absolute atomic E-state index is 0.0109. The van der Waals surface area contributed by atoms with Crippen molar-refractivity contribution in [1.82, 2.24) is 44.9 Å². The lowest BCUT2D eigenvalue weighted by Crippen LogP contribution is -2.60. The number of carbonyl (C=O) groups is 14. The molecule has 3 saturated heterocycles. The molecule has 6 heterocycles. The van der Waals surface area contributed by atoms with Crippen LogP contribution in [0, 0.1) is 0 Å². The van der Waals surface area contributed by atoms with Gasteiger partial charge in [0.1, 0.15) is 29.3 Å². The number of piperazine rings is 3. The van der Waals surface area contributed by atoms with Crippen LogP contribution in [0.4, 0.5) is 9.59 Å². The monoisotopic (exact) mass is 1250 g/mol. The number of carboxylic acids is 1. The van der Waals surface area contributed by atoms with Crippen molar-refractivity contribution < 1.29 is 95.9 Å². The number of hydrogen-bond donors (Lipinski definition) is 3. The summed E-state index contributed by atoms with van der Waals surface area (Å²) in [7, 11) is 3.81. The van der Waals surface area contributed by atoms with E-state index in [0.717, 1.165) is 14.7 Å². The summed E-state index contributed by atoms with van der Waals surface area (Å²) < 4.78 is 24.8. The van der Waals surface area contributed by atoms with Gasteiger partial charge < -0.3 is 59.0 Å². The van der Waals surface area contributed by atoms with E-state index in [0.29, 0.717) is 66.1 Å². The molecule has 3 fully saturated rings. The van der Waals surface area contributed by atoms with Crippen molar-refractivity contribution in [3.8, 4) is 0 Å². The van der Waals surface area contributed by atoms with E-state index in [1.807, 2.05) is 20.8 Å². The van der Waals surface area contributed by atoms with E-state index >= 15 is 0 Å². The van der Waals surface area contributed by atoms with Crippen LogP contribution in [0.1, 0.15) is 123 Å². The fourth-order valence-corrected chi connectivity index (χ4v) is 10.0. The maximum atomic E-state index is 12.9. The molecule has 6 aliphatic rings. The van der Waals surface area contributed by atoms with Gasteiger partial charge in [0, 0.05) is 78.3 Å². The molecule has 3 aromatic rings. The summed E-state index contributed by atoms with van der Waals surface area (Å²) >= 11 is 0. The van der Waals surface area contributed by atoms with Gasteiger partial charge in [-0.2, -0.15) is 0 Å². The molecule has 9 rings (SSSR count). The van der Waals surface area contributed by atoms with Crippen LogP contribution in [-0.4, -0.2) is 252 Å². The number of aliphatic carboxylic acids is 1. The Morgan fingerprint density at radius 1 is 0.467 bits per heavy atom. The maximum absolute atomic E-state index is 12.9. The van der Waals surface area contributed by atoms with Gasteiger partial charge in [-0.15, -0.1) is 0 Å². The standard InChI is InChI=1S/C22H27N3O7.C17H19N3O5.C11H20N2O4.C11H9NO4/c1-22(2,3)32-21(30)23-11-12-24(16(13-23)20(29)31-4)17(26)9-10-25-18(27)14-7-5-6-8-15(14)19(25)28;1-25-17(24)13-10-18-7-9-19(13)14(21)6-8-20-15(22)11-4-2-3-5-12(11)16(20)23;1-11(2,3)17-10(15)13-6-5-12-8(7-13)9(14)16-4;13-9(14)5-6-12-10(15)7-3-1-2-4-8(7)11(12)16/h5-8,16H,9-13H2,1-4H3;2-5,13,18H,6-10H2,1H3;8,12H,5-7H2,1-4H3;1-4H,5-6H2,(H,13,14). The van der Waals surface area contributed by atoms with E-state index in [1.165, 1.54) is 40.9 Å². The minimum Gasteiger partial charge on any atom is -0.481 e. The summed E-state index contributed by atoms with van der Waals surface area (Å²) in [6.07, 6.45) is -1.38. The first-order chi connectivity index (χ1) is 42.5. The van der Waals surface area contributed by atoms with Crippen LogP contribution in [0.15, 0.2) is 72.8 Å². The lowest BCUT2D eigenvalue weighted by molar-refractivity contribution is -0.156. The third kappa shape index (κ3) is 17.4. The Hall–Kier alpha value is -9.64. The maximum Gasteiger partial charge on any atom is 0.410 e. The molecular formula is C61H75N9O20. The van der Waals surface area contributed by atoms with Gasteiger partial charge in [-0.05, 0) is 77.9 Å². The van der Waals surface area contributed by atoms with E-state index in [1.54, 1.807) is 93.6 Å². The summed E-state index contributed by atoms with van der Waals surface area (Å²) in [5, 5.41) is 14.6. The Morgan fingerprint density at radius 2 is 0.822 bits per heavy atom. The highest BCUT2D eigenvalue weighted by molar-refractivity contribution is 6.23. The second-order valence-electron chi connectivity index (χ2n) is 22.9. The number of nitrogens with one attached hydrogen (secondary N) is 2. The Kier molecular flexibility index (Phi) is 23.6. The fourth-order valence-electron chi connectivity index (χ4n) is 10.0. The van der Waals surface area contributed by atoms with Crippen molar-refractivity contribution >= 4 is 83.3 Å². The van der Waals surface area contributed by atoms with Crippen molar-refractivity contribution in [1.29, 1.82) is 0 Å². The molecule has 29 nitrogen and oxygen atoms in total. The number of amides is 10. The molecule has 29 heteroatoms. The molecule has 0 radical (unpaired) electrons. The van der Waals surface area contributed by atoms with Crippen LogP contribution in [0.3, 0.4) is 0 Å². The number of esters is 3. The lowest BCUT2D eigenvalue weighted by atomic mass is 10.1. The van der Waals surface area contributed by atoms with Gasteiger partial charge in [0.15, 0.2) is 0 Å². The van der Waals surface area contributed by atoms with Gasteiger partial charge in [-0.25, -0.2) is 19.2 Å². The molecule has 0 spiro atoms. The highest BCUT2D eigenvalue weighted by atomic mass is 16.6. The van der Waals surface area contributed by atoms with Crippen LogP contribution in [-0.2, 0) is 52.5 Å². The second kappa shape index (κ2) is 30.5. The first-order valence-corrected chi connectivity index (χ1v) is 28.8. The zero-order chi connectivity index (χ0) is 66.4. The minimum atomic E-state index is -1.03. The molecule has 90 heavy (non-hydrogen) atoms. The molecule has 10 amide bonds. The van der Waals surface area contributed by atoms with Gasteiger partial charge >= 0.3 is 36.1 Å². The van der Waals surface area contributed by atoms with Crippen LogP contribution >= 0.6 is 0 Å². The lowest BCUT2D eigenvalue weighted by Gasteiger charge is -2.40. The van der Waals surface area contributed by atoms with Crippen molar-refractivity contribution in [2.45, 2.75) is 90.1 Å². The molecule has 484 valence electrons. The molecule has 0 aliphatic carbocycles. The molecule has 3 aromatic carbocycles. The molecule has 3 atom stereocenters. The van der Waals surface area contributed by atoms with Crippen LogP contribution in [0.2, 0.25) is 0 Å². The first kappa shape index (κ1) is 69.5. The number of benzene rings is 3. The van der Waals surface area contributed by atoms with E-state index in [2.05, 4.69) is 15.4 Å². The number of ether oxygens (including phenoxy) is 5. The smallest absolute Gasteiger partial charge is 0.410 e. The summed E-state index contributed by atoms with van der Waals surface area (Å²) in [5.74, 6) is -5.74. The highest BCUT2D eigenvalue weighted by Crippen LogP contribution is 2.26. The topological polar surface area (TPSA) is 352 Å². The van der Waals surface area contributed by atoms with E-state index < -0.39 is 101 Å². The Bertz CT molecular complexity index is 3180. The average Bonchev–Trinajstić information content (AvgIpc) is 1.64.